The minimum absolute atomic E-state index is 0.102. The van der Waals surface area contributed by atoms with E-state index in [0.29, 0.717) is 17.7 Å². The zero-order valence-electron chi connectivity index (χ0n) is 12.2. The highest BCUT2D eigenvalue weighted by molar-refractivity contribution is 5.21. The molecule has 19 heavy (non-hydrogen) atoms. The molecular weight excluding hydrogens is 238 g/mol. The van der Waals surface area contributed by atoms with Crippen molar-refractivity contribution in [1.29, 1.82) is 0 Å². The quantitative estimate of drug-likeness (QED) is 0.886. The summed E-state index contributed by atoms with van der Waals surface area (Å²) in [4.78, 5) is 9.12. The molecule has 1 atom stereocenters. The number of nitrogens with zero attached hydrogens (tertiary/aromatic N) is 2. The predicted octanol–water partition coefficient (Wildman–Crippen LogP) is 3.19. The Kier molecular flexibility index (Phi) is 4.75. The molecule has 0 aromatic carbocycles. The van der Waals surface area contributed by atoms with Crippen LogP contribution in [0.25, 0.3) is 0 Å². The van der Waals surface area contributed by atoms with Crippen molar-refractivity contribution < 1.29 is 4.74 Å². The fraction of sp³-hybridized carbons (Fsp3) is 0.733. The predicted molar refractivity (Wildman–Crippen MR) is 76.2 cm³/mol. The van der Waals surface area contributed by atoms with E-state index in [9.17, 15) is 0 Å². The molecule has 2 rings (SSSR count). The number of aromatic nitrogens is 2. The molecule has 106 valence electrons. The number of rotatable bonds is 5. The third-order valence-electron chi connectivity index (χ3n) is 3.78. The average molecular weight is 263 g/mol. The van der Waals surface area contributed by atoms with Crippen molar-refractivity contribution in [2.75, 3.05) is 7.11 Å². The zero-order chi connectivity index (χ0) is 13.8. The van der Waals surface area contributed by atoms with Gasteiger partial charge in [-0.2, -0.15) is 4.98 Å². The zero-order valence-corrected chi connectivity index (χ0v) is 12.2. The van der Waals surface area contributed by atoms with Crippen LogP contribution in [0.1, 0.15) is 69.4 Å². The molecule has 0 saturated heterocycles. The molecule has 1 saturated carbocycles. The van der Waals surface area contributed by atoms with Crippen molar-refractivity contribution in [3.8, 4) is 5.88 Å². The van der Waals surface area contributed by atoms with Crippen LogP contribution >= 0.6 is 0 Å². The first-order valence-electron chi connectivity index (χ1n) is 7.28. The molecule has 0 spiro atoms. The van der Waals surface area contributed by atoms with Gasteiger partial charge in [0, 0.05) is 12.0 Å². The molecule has 1 aromatic rings. The van der Waals surface area contributed by atoms with Gasteiger partial charge in [0.2, 0.25) is 5.88 Å². The maximum absolute atomic E-state index is 6.21. The van der Waals surface area contributed by atoms with E-state index >= 15 is 0 Å². The second-order valence-corrected chi connectivity index (χ2v) is 5.91. The van der Waals surface area contributed by atoms with E-state index in [2.05, 4.69) is 18.8 Å². The summed E-state index contributed by atoms with van der Waals surface area (Å²) in [6.45, 7) is 4.33. The molecule has 1 heterocycles. The molecule has 0 aliphatic heterocycles. The van der Waals surface area contributed by atoms with Crippen molar-refractivity contribution in [1.82, 2.24) is 9.97 Å². The Labute approximate surface area is 115 Å². The van der Waals surface area contributed by atoms with E-state index in [1.807, 2.05) is 6.07 Å². The Balaban J connectivity index is 2.24. The lowest BCUT2D eigenvalue weighted by Gasteiger charge is -2.16. The maximum atomic E-state index is 6.21. The smallest absolute Gasteiger partial charge is 0.216 e. The van der Waals surface area contributed by atoms with Crippen LogP contribution in [0.5, 0.6) is 5.88 Å². The average Bonchev–Trinajstić information content (AvgIpc) is 2.91. The Bertz CT molecular complexity index is 414. The second-order valence-electron chi connectivity index (χ2n) is 5.91. The molecule has 0 radical (unpaired) electrons. The number of methoxy groups -OCH3 is 1. The van der Waals surface area contributed by atoms with Gasteiger partial charge in [0.05, 0.1) is 18.8 Å². The van der Waals surface area contributed by atoms with E-state index in [1.54, 1.807) is 7.11 Å². The highest BCUT2D eigenvalue weighted by atomic mass is 16.5. The number of ether oxygens (including phenoxy) is 1. The Morgan fingerprint density at radius 1 is 1.32 bits per heavy atom. The van der Waals surface area contributed by atoms with Crippen LogP contribution in [0.15, 0.2) is 6.07 Å². The number of nitrogens with two attached hydrogens (primary N) is 1. The second kappa shape index (κ2) is 6.33. The van der Waals surface area contributed by atoms with Gasteiger partial charge >= 0.3 is 0 Å². The summed E-state index contributed by atoms with van der Waals surface area (Å²) < 4.78 is 5.30. The maximum Gasteiger partial charge on any atom is 0.216 e. The molecule has 1 aliphatic rings. The van der Waals surface area contributed by atoms with Gasteiger partial charge in [-0.3, -0.25) is 0 Å². The van der Waals surface area contributed by atoms with E-state index in [0.717, 1.165) is 17.9 Å². The normalized spacial score (nSPS) is 17.9. The number of hydrogen-bond donors (Lipinski definition) is 1. The Hall–Kier alpha value is -1.16. The largest absolute Gasteiger partial charge is 0.481 e. The van der Waals surface area contributed by atoms with Crippen molar-refractivity contribution in [2.24, 2.45) is 11.7 Å². The topological polar surface area (TPSA) is 61.0 Å². The summed E-state index contributed by atoms with van der Waals surface area (Å²) >= 11 is 0. The van der Waals surface area contributed by atoms with Gasteiger partial charge in [-0.05, 0) is 25.2 Å². The minimum atomic E-state index is -0.102. The van der Waals surface area contributed by atoms with Crippen LogP contribution in [-0.2, 0) is 0 Å². The molecule has 0 amide bonds. The van der Waals surface area contributed by atoms with Gasteiger partial charge in [0.1, 0.15) is 5.82 Å². The summed E-state index contributed by atoms with van der Waals surface area (Å²) in [7, 11) is 1.65. The van der Waals surface area contributed by atoms with E-state index in [1.165, 1.54) is 25.7 Å². The molecule has 1 unspecified atom stereocenters. The first kappa shape index (κ1) is 14.3. The lowest BCUT2D eigenvalue weighted by atomic mass is 10.0. The van der Waals surface area contributed by atoms with Crippen LogP contribution in [0.2, 0.25) is 0 Å². The Morgan fingerprint density at radius 3 is 2.58 bits per heavy atom. The first-order valence-corrected chi connectivity index (χ1v) is 7.28. The van der Waals surface area contributed by atoms with Crippen LogP contribution in [0, 0.1) is 5.92 Å². The van der Waals surface area contributed by atoms with Crippen molar-refractivity contribution in [3.63, 3.8) is 0 Å². The SMILES string of the molecule is COc1cc(C2CCCC2)nc(C(N)CC(C)C)n1. The molecule has 0 bridgehead atoms. The molecule has 4 heteroatoms. The molecule has 1 fully saturated rings. The molecule has 1 aliphatic carbocycles. The molecule has 2 N–H and O–H groups in total. The standard InChI is InChI=1S/C15H25N3O/c1-10(2)8-12(16)15-17-13(9-14(18-15)19-3)11-6-4-5-7-11/h9-12H,4-8,16H2,1-3H3. The van der Waals surface area contributed by atoms with Crippen molar-refractivity contribution in [3.05, 3.63) is 17.6 Å². The van der Waals surface area contributed by atoms with Gasteiger partial charge < -0.3 is 10.5 Å². The lowest BCUT2D eigenvalue weighted by Crippen LogP contribution is -2.18. The fourth-order valence-corrected chi connectivity index (χ4v) is 2.78. The van der Waals surface area contributed by atoms with Crippen LogP contribution in [0.3, 0.4) is 0 Å². The van der Waals surface area contributed by atoms with Crippen LogP contribution in [-0.4, -0.2) is 17.1 Å². The van der Waals surface area contributed by atoms with Crippen molar-refractivity contribution >= 4 is 0 Å². The lowest BCUT2D eigenvalue weighted by molar-refractivity contribution is 0.387. The number of hydrogen-bond acceptors (Lipinski definition) is 4. The minimum Gasteiger partial charge on any atom is -0.481 e. The van der Waals surface area contributed by atoms with Gasteiger partial charge in [0.25, 0.3) is 0 Å². The molecule has 1 aromatic heterocycles. The summed E-state index contributed by atoms with van der Waals surface area (Å²) in [6, 6.07) is 1.87. The molecular formula is C15H25N3O. The fourth-order valence-electron chi connectivity index (χ4n) is 2.78. The summed E-state index contributed by atoms with van der Waals surface area (Å²) in [5.74, 6) is 2.47. The third kappa shape index (κ3) is 3.66. The summed E-state index contributed by atoms with van der Waals surface area (Å²) in [5.41, 5.74) is 7.32. The monoisotopic (exact) mass is 263 g/mol. The summed E-state index contributed by atoms with van der Waals surface area (Å²) in [5, 5.41) is 0. The van der Waals surface area contributed by atoms with Gasteiger partial charge in [-0.25, -0.2) is 4.98 Å². The summed E-state index contributed by atoms with van der Waals surface area (Å²) in [6.07, 6.45) is 5.93. The van der Waals surface area contributed by atoms with E-state index in [-0.39, 0.29) is 6.04 Å². The van der Waals surface area contributed by atoms with E-state index < -0.39 is 0 Å². The highest BCUT2D eigenvalue weighted by Gasteiger charge is 2.22. The van der Waals surface area contributed by atoms with Crippen LogP contribution in [0.4, 0.5) is 0 Å². The third-order valence-corrected chi connectivity index (χ3v) is 3.78. The van der Waals surface area contributed by atoms with Gasteiger partial charge in [-0.15, -0.1) is 0 Å². The first-order chi connectivity index (χ1) is 9.10. The molecule has 4 nitrogen and oxygen atoms in total. The Morgan fingerprint density at radius 2 is 2.00 bits per heavy atom. The van der Waals surface area contributed by atoms with Crippen LogP contribution < -0.4 is 10.5 Å². The highest BCUT2D eigenvalue weighted by Crippen LogP contribution is 2.34. The van der Waals surface area contributed by atoms with E-state index in [4.69, 9.17) is 15.5 Å². The van der Waals surface area contributed by atoms with Gasteiger partial charge in [-0.1, -0.05) is 26.7 Å². The van der Waals surface area contributed by atoms with Crippen molar-refractivity contribution in [2.45, 2.75) is 57.9 Å². The van der Waals surface area contributed by atoms with Gasteiger partial charge in [0.15, 0.2) is 0 Å².